The van der Waals surface area contributed by atoms with Gasteiger partial charge < -0.3 is 10.6 Å². The van der Waals surface area contributed by atoms with E-state index < -0.39 is 17.8 Å². The van der Waals surface area contributed by atoms with Crippen LogP contribution in [-0.2, 0) is 12.7 Å². The average molecular weight is 288 g/mol. The first-order valence-corrected chi connectivity index (χ1v) is 6.62. The van der Waals surface area contributed by atoms with E-state index in [2.05, 4.69) is 10.6 Å². The topological polar surface area (TPSA) is 41.1 Å². The Kier molecular flexibility index (Phi) is 6.35. The Morgan fingerprint density at radius 2 is 1.85 bits per heavy atom. The molecule has 112 valence electrons. The quantitative estimate of drug-likeness (QED) is 0.770. The molecular weight excluding hydrogens is 269 g/mol. The van der Waals surface area contributed by atoms with Crippen molar-refractivity contribution in [3.63, 3.8) is 0 Å². The lowest BCUT2D eigenvalue weighted by atomic mass is 10.1. The van der Waals surface area contributed by atoms with Gasteiger partial charge in [-0.1, -0.05) is 38.0 Å². The zero-order valence-corrected chi connectivity index (χ0v) is 11.4. The van der Waals surface area contributed by atoms with Crippen molar-refractivity contribution in [2.45, 2.75) is 38.9 Å². The number of benzene rings is 1. The first-order valence-electron chi connectivity index (χ1n) is 6.62. The summed E-state index contributed by atoms with van der Waals surface area (Å²) in [6.45, 7) is 2.43. The normalized spacial score (nSPS) is 11.2. The maximum Gasteiger partial charge on any atom is 0.416 e. The van der Waals surface area contributed by atoms with E-state index in [4.69, 9.17) is 0 Å². The molecule has 0 aromatic heterocycles. The number of unbranched alkanes of at least 4 members (excludes halogenated alkanes) is 2. The highest BCUT2D eigenvalue weighted by molar-refractivity contribution is 5.73. The van der Waals surface area contributed by atoms with Crippen LogP contribution in [0.15, 0.2) is 24.3 Å². The van der Waals surface area contributed by atoms with Crippen LogP contribution in [0, 0.1) is 0 Å². The van der Waals surface area contributed by atoms with Crippen LogP contribution in [0.5, 0.6) is 0 Å². The third-order valence-corrected chi connectivity index (χ3v) is 2.83. The predicted molar refractivity (Wildman–Crippen MR) is 71.2 cm³/mol. The molecule has 0 aliphatic carbocycles. The summed E-state index contributed by atoms with van der Waals surface area (Å²) in [5, 5.41) is 5.05. The van der Waals surface area contributed by atoms with Crippen molar-refractivity contribution in [2.75, 3.05) is 6.54 Å². The minimum Gasteiger partial charge on any atom is -0.338 e. The molecule has 0 heterocycles. The number of urea groups is 1. The fraction of sp³-hybridized carbons (Fsp3) is 0.500. The summed E-state index contributed by atoms with van der Waals surface area (Å²) in [4.78, 5) is 11.4. The van der Waals surface area contributed by atoms with Gasteiger partial charge in [-0.15, -0.1) is 0 Å². The first kappa shape index (κ1) is 16.3. The Bertz CT molecular complexity index is 433. The number of amides is 2. The predicted octanol–water partition coefficient (Wildman–Crippen LogP) is 3.69. The van der Waals surface area contributed by atoms with Gasteiger partial charge >= 0.3 is 12.2 Å². The van der Waals surface area contributed by atoms with Gasteiger partial charge in [-0.3, -0.25) is 0 Å². The van der Waals surface area contributed by atoms with Crippen molar-refractivity contribution in [1.29, 1.82) is 0 Å². The molecule has 3 nitrogen and oxygen atoms in total. The maximum absolute atomic E-state index is 12.7. The zero-order chi connectivity index (χ0) is 15.0. The molecule has 0 aliphatic rings. The van der Waals surface area contributed by atoms with Gasteiger partial charge in [-0.05, 0) is 18.1 Å². The molecule has 0 aliphatic heterocycles. The Morgan fingerprint density at radius 3 is 2.50 bits per heavy atom. The highest BCUT2D eigenvalue weighted by Crippen LogP contribution is 2.31. The minimum atomic E-state index is -4.41. The number of rotatable bonds is 6. The van der Waals surface area contributed by atoms with E-state index in [0.717, 1.165) is 25.3 Å². The molecule has 6 heteroatoms. The standard InChI is InChI=1S/C14H19F3N2O/c1-2-3-6-9-18-13(20)19-10-11-7-4-5-8-12(11)14(15,16)17/h4-5,7-8H,2-3,6,9-10H2,1H3,(H2,18,19,20). The van der Waals surface area contributed by atoms with Crippen LogP contribution in [0.25, 0.3) is 0 Å². The van der Waals surface area contributed by atoms with E-state index >= 15 is 0 Å². The number of hydrogen-bond donors (Lipinski definition) is 2. The van der Waals surface area contributed by atoms with Gasteiger partial charge in [-0.2, -0.15) is 13.2 Å². The second-order valence-corrected chi connectivity index (χ2v) is 4.47. The van der Waals surface area contributed by atoms with Crippen LogP contribution in [0.2, 0.25) is 0 Å². The van der Waals surface area contributed by atoms with Gasteiger partial charge in [0, 0.05) is 13.1 Å². The summed E-state index contributed by atoms with van der Waals surface area (Å²) >= 11 is 0. The van der Waals surface area contributed by atoms with E-state index in [-0.39, 0.29) is 12.1 Å². The Balaban J connectivity index is 2.48. The number of carbonyl (C=O) groups is 1. The van der Waals surface area contributed by atoms with Crippen molar-refractivity contribution >= 4 is 6.03 Å². The number of halogens is 3. The second-order valence-electron chi connectivity index (χ2n) is 4.47. The molecule has 1 rings (SSSR count). The summed E-state index contributed by atoms with van der Waals surface area (Å²) in [6, 6.07) is 4.77. The number of alkyl halides is 3. The molecule has 0 bridgehead atoms. The molecule has 0 saturated heterocycles. The van der Waals surface area contributed by atoms with Crippen molar-refractivity contribution in [3.8, 4) is 0 Å². The average Bonchev–Trinajstić information content (AvgIpc) is 2.40. The van der Waals surface area contributed by atoms with Gasteiger partial charge in [-0.25, -0.2) is 4.79 Å². The molecule has 0 atom stereocenters. The molecule has 1 aromatic rings. The van der Waals surface area contributed by atoms with E-state index in [1.807, 2.05) is 6.92 Å². The van der Waals surface area contributed by atoms with Crippen molar-refractivity contribution in [1.82, 2.24) is 10.6 Å². The molecular formula is C14H19F3N2O. The van der Waals surface area contributed by atoms with Crippen molar-refractivity contribution < 1.29 is 18.0 Å². The molecule has 1 aromatic carbocycles. The lowest BCUT2D eigenvalue weighted by molar-refractivity contribution is -0.138. The molecule has 0 fully saturated rings. The van der Waals surface area contributed by atoms with Crippen molar-refractivity contribution in [3.05, 3.63) is 35.4 Å². The third-order valence-electron chi connectivity index (χ3n) is 2.83. The van der Waals surface area contributed by atoms with Crippen LogP contribution in [0.3, 0.4) is 0 Å². The fourth-order valence-corrected chi connectivity index (χ4v) is 1.77. The number of carbonyl (C=O) groups excluding carboxylic acids is 1. The number of nitrogens with one attached hydrogen (secondary N) is 2. The van der Waals surface area contributed by atoms with Gasteiger partial charge in [0.25, 0.3) is 0 Å². The summed E-state index contributed by atoms with van der Waals surface area (Å²) in [5.74, 6) is 0. The fourth-order valence-electron chi connectivity index (χ4n) is 1.77. The van der Waals surface area contributed by atoms with Crippen LogP contribution in [0.1, 0.15) is 37.3 Å². The zero-order valence-electron chi connectivity index (χ0n) is 11.4. The van der Waals surface area contributed by atoms with Crippen LogP contribution < -0.4 is 10.6 Å². The van der Waals surface area contributed by atoms with Crippen molar-refractivity contribution in [2.24, 2.45) is 0 Å². The highest BCUT2D eigenvalue weighted by Gasteiger charge is 2.32. The lowest BCUT2D eigenvalue weighted by Crippen LogP contribution is -2.36. The van der Waals surface area contributed by atoms with Crippen LogP contribution >= 0.6 is 0 Å². The van der Waals surface area contributed by atoms with Gasteiger partial charge in [0.05, 0.1) is 5.56 Å². The van der Waals surface area contributed by atoms with Crippen LogP contribution in [-0.4, -0.2) is 12.6 Å². The minimum absolute atomic E-state index is 0.0590. The Morgan fingerprint density at radius 1 is 1.15 bits per heavy atom. The van der Waals surface area contributed by atoms with Gasteiger partial charge in [0.2, 0.25) is 0 Å². The summed E-state index contributed by atoms with van der Waals surface area (Å²) < 4.78 is 38.2. The third kappa shape index (κ3) is 5.50. The van der Waals surface area contributed by atoms with Gasteiger partial charge in [0.15, 0.2) is 0 Å². The summed E-state index contributed by atoms with van der Waals surface area (Å²) in [6.07, 6.45) is -1.49. The van der Waals surface area contributed by atoms with E-state index in [1.54, 1.807) is 0 Å². The summed E-state index contributed by atoms with van der Waals surface area (Å²) in [7, 11) is 0. The lowest BCUT2D eigenvalue weighted by Gasteiger charge is -2.13. The number of hydrogen-bond acceptors (Lipinski definition) is 1. The largest absolute Gasteiger partial charge is 0.416 e. The second kappa shape index (κ2) is 7.77. The molecule has 0 radical (unpaired) electrons. The Labute approximate surface area is 116 Å². The first-order chi connectivity index (χ1) is 9.45. The van der Waals surface area contributed by atoms with Gasteiger partial charge in [0.1, 0.15) is 0 Å². The van der Waals surface area contributed by atoms with E-state index in [1.165, 1.54) is 18.2 Å². The molecule has 0 spiro atoms. The molecule has 0 saturated carbocycles. The SMILES string of the molecule is CCCCCNC(=O)NCc1ccccc1C(F)(F)F. The van der Waals surface area contributed by atoms with Crippen LogP contribution in [0.4, 0.5) is 18.0 Å². The molecule has 2 N–H and O–H groups in total. The van der Waals surface area contributed by atoms with E-state index in [9.17, 15) is 18.0 Å². The molecule has 0 unspecified atom stereocenters. The molecule has 2 amide bonds. The Hall–Kier alpha value is -1.72. The smallest absolute Gasteiger partial charge is 0.338 e. The van der Waals surface area contributed by atoms with E-state index in [0.29, 0.717) is 6.54 Å². The molecule has 20 heavy (non-hydrogen) atoms. The maximum atomic E-state index is 12.7. The summed E-state index contributed by atoms with van der Waals surface area (Å²) in [5.41, 5.74) is -0.657. The highest BCUT2D eigenvalue weighted by atomic mass is 19.4. The monoisotopic (exact) mass is 288 g/mol.